The van der Waals surface area contributed by atoms with Crippen LogP contribution in [0.3, 0.4) is 0 Å². The van der Waals surface area contributed by atoms with Gasteiger partial charge in [-0.05, 0) is 24.0 Å². The van der Waals surface area contributed by atoms with Gasteiger partial charge in [0.1, 0.15) is 11.6 Å². The van der Waals surface area contributed by atoms with Crippen molar-refractivity contribution in [2.24, 2.45) is 11.8 Å². The van der Waals surface area contributed by atoms with Gasteiger partial charge >= 0.3 is 0 Å². The number of carbonyl (C=O) groups excluding carboxylic acids is 1. The van der Waals surface area contributed by atoms with Gasteiger partial charge < -0.3 is 0 Å². The van der Waals surface area contributed by atoms with Crippen molar-refractivity contribution < 1.29 is 13.6 Å². The molecule has 0 atom stereocenters. The Balaban J connectivity index is 2.84. The predicted octanol–water partition coefficient (Wildman–Crippen LogP) is 3.76. The van der Waals surface area contributed by atoms with Crippen LogP contribution in [0.15, 0.2) is 18.2 Å². The molecular formula is C16H23F2NO. The highest BCUT2D eigenvalue weighted by atomic mass is 19.1. The molecule has 0 fully saturated rings. The fraction of sp³-hybridized carbons (Fsp3) is 0.562. The molecule has 0 bridgehead atoms. The van der Waals surface area contributed by atoms with Gasteiger partial charge in [-0.3, -0.25) is 9.69 Å². The fourth-order valence-corrected chi connectivity index (χ4v) is 2.28. The van der Waals surface area contributed by atoms with Crippen molar-refractivity contribution in [3.63, 3.8) is 0 Å². The van der Waals surface area contributed by atoms with Gasteiger partial charge in [-0.25, -0.2) is 8.78 Å². The molecule has 0 aromatic heterocycles. The molecule has 20 heavy (non-hydrogen) atoms. The van der Waals surface area contributed by atoms with Gasteiger partial charge in [-0.1, -0.05) is 33.8 Å². The van der Waals surface area contributed by atoms with Crippen LogP contribution in [0.1, 0.15) is 38.1 Å². The number of Topliss-reactive ketones (excluding diaryl/α,β-unsaturated/α-hetero) is 1. The minimum Gasteiger partial charge on any atom is -0.295 e. The molecule has 1 aromatic carbocycles. The molecule has 0 aliphatic carbocycles. The van der Waals surface area contributed by atoms with Gasteiger partial charge in [-0.2, -0.15) is 0 Å². The van der Waals surface area contributed by atoms with Gasteiger partial charge in [0.15, 0.2) is 5.78 Å². The van der Waals surface area contributed by atoms with E-state index in [4.69, 9.17) is 0 Å². The summed E-state index contributed by atoms with van der Waals surface area (Å²) in [5, 5.41) is 0. The number of hydrogen-bond acceptors (Lipinski definition) is 2. The van der Waals surface area contributed by atoms with E-state index in [2.05, 4.69) is 27.7 Å². The monoisotopic (exact) mass is 283 g/mol. The molecule has 0 N–H and O–H groups in total. The third-order valence-electron chi connectivity index (χ3n) is 2.86. The summed E-state index contributed by atoms with van der Waals surface area (Å²) < 4.78 is 27.2. The van der Waals surface area contributed by atoms with Crippen LogP contribution in [-0.4, -0.2) is 30.3 Å². The number of ketones is 1. The molecule has 0 amide bonds. The average molecular weight is 283 g/mol. The number of benzene rings is 1. The topological polar surface area (TPSA) is 20.3 Å². The number of halogens is 2. The molecule has 0 spiro atoms. The molecule has 2 nitrogen and oxygen atoms in total. The molecule has 4 heteroatoms. The second kappa shape index (κ2) is 7.48. The third kappa shape index (κ3) is 5.00. The Kier molecular flexibility index (Phi) is 6.27. The first-order chi connectivity index (χ1) is 9.31. The lowest BCUT2D eigenvalue weighted by molar-refractivity contribution is 0.0904. The van der Waals surface area contributed by atoms with E-state index in [-0.39, 0.29) is 6.54 Å². The van der Waals surface area contributed by atoms with E-state index in [0.29, 0.717) is 11.8 Å². The van der Waals surface area contributed by atoms with Gasteiger partial charge in [0.2, 0.25) is 0 Å². The molecule has 0 heterocycles. The molecule has 112 valence electrons. The Bertz CT molecular complexity index is 428. The van der Waals surface area contributed by atoms with Gasteiger partial charge in [0.25, 0.3) is 0 Å². The summed E-state index contributed by atoms with van der Waals surface area (Å²) >= 11 is 0. The van der Waals surface area contributed by atoms with Gasteiger partial charge in [-0.15, -0.1) is 0 Å². The first kappa shape index (κ1) is 16.8. The molecule has 0 saturated heterocycles. The summed E-state index contributed by atoms with van der Waals surface area (Å²) in [5.74, 6) is -1.28. The maximum atomic E-state index is 13.6. The number of rotatable bonds is 7. The van der Waals surface area contributed by atoms with Crippen molar-refractivity contribution in [3.05, 3.63) is 35.4 Å². The smallest absolute Gasteiger partial charge is 0.182 e. The molecule has 1 aromatic rings. The Labute approximate surface area is 119 Å². The maximum Gasteiger partial charge on any atom is 0.182 e. The van der Waals surface area contributed by atoms with Crippen LogP contribution in [0.5, 0.6) is 0 Å². The second-order valence-electron chi connectivity index (χ2n) is 6.00. The average Bonchev–Trinajstić information content (AvgIpc) is 2.26. The van der Waals surface area contributed by atoms with Crippen molar-refractivity contribution >= 4 is 5.78 Å². The molecule has 0 aliphatic rings. The molecular weight excluding hydrogens is 260 g/mol. The number of nitrogens with zero attached hydrogens (tertiary/aromatic N) is 1. The van der Waals surface area contributed by atoms with Crippen LogP contribution < -0.4 is 0 Å². The van der Waals surface area contributed by atoms with Crippen LogP contribution in [0.2, 0.25) is 0 Å². The number of hydrogen-bond donors (Lipinski definition) is 0. The minimum atomic E-state index is -0.788. The van der Waals surface area contributed by atoms with E-state index < -0.39 is 23.0 Å². The minimum absolute atomic E-state index is 0.0498. The van der Waals surface area contributed by atoms with Crippen molar-refractivity contribution in [2.75, 3.05) is 19.6 Å². The summed E-state index contributed by atoms with van der Waals surface area (Å²) in [4.78, 5) is 14.1. The highest BCUT2D eigenvalue weighted by molar-refractivity contribution is 5.98. The lowest BCUT2D eigenvalue weighted by atomic mass is 10.1. The maximum absolute atomic E-state index is 13.6. The van der Waals surface area contributed by atoms with E-state index >= 15 is 0 Å². The quantitative estimate of drug-likeness (QED) is 0.710. The first-order valence-corrected chi connectivity index (χ1v) is 7.00. The van der Waals surface area contributed by atoms with Crippen LogP contribution in [-0.2, 0) is 0 Å². The third-order valence-corrected chi connectivity index (χ3v) is 2.86. The summed E-state index contributed by atoms with van der Waals surface area (Å²) in [6, 6.07) is 3.50. The van der Waals surface area contributed by atoms with Crippen molar-refractivity contribution in [1.29, 1.82) is 0 Å². The van der Waals surface area contributed by atoms with Crippen molar-refractivity contribution in [3.8, 4) is 0 Å². The lowest BCUT2D eigenvalue weighted by Crippen LogP contribution is -2.36. The van der Waals surface area contributed by atoms with E-state index in [1.807, 2.05) is 4.90 Å². The molecule has 0 aliphatic heterocycles. The molecule has 1 rings (SSSR count). The molecule has 0 saturated carbocycles. The van der Waals surface area contributed by atoms with E-state index in [1.54, 1.807) is 0 Å². The summed E-state index contributed by atoms with van der Waals surface area (Å²) in [5.41, 5.74) is -0.426. The first-order valence-electron chi connectivity index (χ1n) is 7.00. The standard InChI is InChI=1S/C16H23F2NO/c1-11(2)8-19(9-12(3)4)10-15(20)16-13(17)6-5-7-14(16)18/h5-7,11-12H,8-10H2,1-4H3. The zero-order chi connectivity index (χ0) is 15.3. The highest BCUT2D eigenvalue weighted by Gasteiger charge is 2.20. The molecule has 0 unspecified atom stereocenters. The Morgan fingerprint density at radius 3 is 1.90 bits per heavy atom. The largest absolute Gasteiger partial charge is 0.295 e. The van der Waals surface area contributed by atoms with E-state index in [1.165, 1.54) is 6.07 Å². The van der Waals surface area contributed by atoms with Crippen molar-refractivity contribution in [2.45, 2.75) is 27.7 Å². The SMILES string of the molecule is CC(C)CN(CC(=O)c1c(F)cccc1F)CC(C)C. The summed E-state index contributed by atoms with van der Waals surface area (Å²) in [6.45, 7) is 9.75. The van der Waals surface area contributed by atoms with Crippen molar-refractivity contribution in [1.82, 2.24) is 4.90 Å². The molecule has 0 radical (unpaired) electrons. The summed E-state index contributed by atoms with van der Waals surface area (Å²) in [7, 11) is 0. The zero-order valence-electron chi connectivity index (χ0n) is 12.6. The normalized spacial score (nSPS) is 11.7. The predicted molar refractivity (Wildman–Crippen MR) is 76.8 cm³/mol. The fourth-order valence-electron chi connectivity index (χ4n) is 2.28. The second-order valence-corrected chi connectivity index (χ2v) is 6.00. The van der Waals surface area contributed by atoms with Crippen LogP contribution in [0, 0.1) is 23.5 Å². The zero-order valence-corrected chi connectivity index (χ0v) is 12.6. The van der Waals surface area contributed by atoms with E-state index in [0.717, 1.165) is 25.2 Å². The number of carbonyl (C=O) groups is 1. The van der Waals surface area contributed by atoms with E-state index in [9.17, 15) is 13.6 Å². The van der Waals surface area contributed by atoms with Gasteiger partial charge in [0.05, 0.1) is 12.1 Å². The van der Waals surface area contributed by atoms with Crippen LogP contribution >= 0.6 is 0 Å². The summed E-state index contributed by atoms with van der Waals surface area (Å²) in [6.07, 6.45) is 0. The Hall–Kier alpha value is -1.29. The van der Waals surface area contributed by atoms with Gasteiger partial charge in [0, 0.05) is 13.1 Å². The Morgan fingerprint density at radius 1 is 1.05 bits per heavy atom. The van der Waals surface area contributed by atoms with Crippen LogP contribution in [0.25, 0.3) is 0 Å². The van der Waals surface area contributed by atoms with Crippen LogP contribution in [0.4, 0.5) is 8.78 Å². The Morgan fingerprint density at radius 2 is 1.50 bits per heavy atom. The lowest BCUT2D eigenvalue weighted by Gasteiger charge is -2.25. The highest BCUT2D eigenvalue weighted by Crippen LogP contribution is 2.14.